The molecule has 20 heavy (non-hydrogen) atoms. The van der Waals surface area contributed by atoms with E-state index >= 15 is 0 Å². The molecule has 2 aromatic carbocycles. The van der Waals surface area contributed by atoms with Crippen molar-refractivity contribution in [1.29, 1.82) is 0 Å². The Balaban J connectivity index is 2.18. The lowest BCUT2D eigenvalue weighted by atomic mass is 9.98. The number of pyridine rings is 1. The fraction of sp³-hybridized carbons (Fsp3) is 0.118. The van der Waals surface area contributed by atoms with E-state index in [0.29, 0.717) is 12.1 Å². The standard InChI is InChI=1S/C17H15FN2/c1-19-11-13-10-12(7-8-16(13)18)14-4-2-6-17-15(14)5-3-9-20-17/h2-10,19H,11H2,1H3. The molecule has 0 bridgehead atoms. The zero-order valence-electron chi connectivity index (χ0n) is 11.2. The smallest absolute Gasteiger partial charge is 0.127 e. The average molecular weight is 266 g/mol. The van der Waals surface area contributed by atoms with Crippen LogP contribution in [-0.4, -0.2) is 12.0 Å². The Morgan fingerprint density at radius 2 is 2.00 bits per heavy atom. The van der Waals surface area contributed by atoms with Crippen LogP contribution in [0.25, 0.3) is 22.0 Å². The number of hydrogen-bond acceptors (Lipinski definition) is 2. The van der Waals surface area contributed by atoms with Crippen molar-refractivity contribution < 1.29 is 4.39 Å². The fourth-order valence-corrected chi connectivity index (χ4v) is 2.42. The molecule has 1 N–H and O–H groups in total. The Morgan fingerprint density at radius 3 is 2.85 bits per heavy atom. The summed E-state index contributed by atoms with van der Waals surface area (Å²) in [6.07, 6.45) is 1.78. The molecule has 0 radical (unpaired) electrons. The minimum Gasteiger partial charge on any atom is -0.316 e. The normalized spacial score (nSPS) is 10.9. The van der Waals surface area contributed by atoms with Gasteiger partial charge in [0, 0.05) is 23.7 Å². The molecule has 0 unspecified atom stereocenters. The number of nitrogens with one attached hydrogen (secondary N) is 1. The van der Waals surface area contributed by atoms with E-state index in [1.165, 1.54) is 6.07 Å². The summed E-state index contributed by atoms with van der Waals surface area (Å²) in [4.78, 5) is 4.36. The van der Waals surface area contributed by atoms with Crippen molar-refractivity contribution in [3.05, 3.63) is 66.1 Å². The van der Waals surface area contributed by atoms with Crippen molar-refractivity contribution in [3.8, 4) is 11.1 Å². The maximum Gasteiger partial charge on any atom is 0.127 e. The monoisotopic (exact) mass is 266 g/mol. The molecule has 0 atom stereocenters. The van der Waals surface area contributed by atoms with Crippen LogP contribution in [0.4, 0.5) is 4.39 Å². The molecule has 3 aromatic rings. The number of fused-ring (bicyclic) bond motifs is 1. The molecule has 2 nitrogen and oxygen atoms in total. The zero-order valence-corrected chi connectivity index (χ0v) is 11.2. The molecule has 3 rings (SSSR count). The summed E-state index contributed by atoms with van der Waals surface area (Å²) >= 11 is 0. The number of halogens is 1. The lowest BCUT2D eigenvalue weighted by Gasteiger charge is -2.09. The zero-order chi connectivity index (χ0) is 13.9. The van der Waals surface area contributed by atoms with Crippen LogP contribution in [0.1, 0.15) is 5.56 Å². The SMILES string of the molecule is CNCc1cc(-c2cccc3ncccc23)ccc1F. The van der Waals surface area contributed by atoms with E-state index < -0.39 is 0 Å². The van der Waals surface area contributed by atoms with Gasteiger partial charge in [0.05, 0.1) is 5.52 Å². The third-order valence-corrected chi connectivity index (χ3v) is 3.37. The second-order valence-electron chi connectivity index (χ2n) is 4.71. The Kier molecular flexibility index (Phi) is 3.44. The Labute approximate surface area is 117 Å². The van der Waals surface area contributed by atoms with Gasteiger partial charge in [-0.3, -0.25) is 4.98 Å². The quantitative estimate of drug-likeness (QED) is 0.780. The molecule has 100 valence electrons. The van der Waals surface area contributed by atoms with E-state index in [1.807, 2.05) is 49.5 Å². The minimum atomic E-state index is -0.179. The van der Waals surface area contributed by atoms with Crippen molar-refractivity contribution in [2.24, 2.45) is 0 Å². The summed E-state index contributed by atoms with van der Waals surface area (Å²) in [6.45, 7) is 0.517. The topological polar surface area (TPSA) is 24.9 Å². The fourth-order valence-electron chi connectivity index (χ4n) is 2.42. The van der Waals surface area contributed by atoms with E-state index in [2.05, 4.69) is 10.3 Å². The van der Waals surface area contributed by atoms with E-state index in [-0.39, 0.29) is 5.82 Å². The van der Waals surface area contributed by atoms with E-state index in [4.69, 9.17) is 0 Å². The maximum atomic E-state index is 13.7. The number of aromatic nitrogens is 1. The Bertz CT molecular complexity index is 748. The summed E-state index contributed by atoms with van der Waals surface area (Å²) < 4.78 is 13.7. The van der Waals surface area contributed by atoms with Crippen molar-refractivity contribution in [1.82, 2.24) is 10.3 Å². The highest BCUT2D eigenvalue weighted by Crippen LogP contribution is 2.28. The Morgan fingerprint density at radius 1 is 1.10 bits per heavy atom. The first-order valence-electron chi connectivity index (χ1n) is 6.57. The second kappa shape index (κ2) is 5.39. The van der Waals surface area contributed by atoms with Gasteiger partial charge in [-0.2, -0.15) is 0 Å². The first kappa shape index (κ1) is 12.8. The molecular weight excluding hydrogens is 251 g/mol. The van der Waals surface area contributed by atoms with Crippen LogP contribution in [0.3, 0.4) is 0 Å². The van der Waals surface area contributed by atoms with Crippen LogP contribution in [0.5, 0.6) is 0 Å². The molecule has 0 aliphatic heterocycles. The van der Waals surface area contributed by atoms with Crippen LogP contribution >= 0.6 is 0 Å². The van der Waals surface area contributed by atoms with Crippen LogP contribution in [0, 0.1) is 5.82 Å². The highest BCUT2D eigenvalue weighted by molar-refractivity contribution is 5.94. The Hall–Kier alpha value is -2.26. The molecule has 0 spiro atoms. The predicted molar refractivity (Wildman–Crippen MR) is 79.9 cm³/mol. The molecular formula is C17H15FN2. The molecule has 0 amide bonds. The third-order valence-electron chi connectivity index (χ3n) is 3.37. The first-order valence-corrected chi connectivity index (χ1v) is 6.57. The molecule has 1 aromatic heterocycles. The third kappa shape index (κ3) is 2.28. The van der Waals surface area contributed by atoms with Crippen LogP contribution in [0.15, 0.2) is 54.7 Å². The predicted octanol–water partition coefficient (Wildman–Crippen LogP) is 3.76. The first-order chi connectivity index (χ1) is 9.79. The van der Waals surface area contributed by atoms with Crippen LogP contribution in [0.2, 0.25) is 0 Å². The number of benzene rings is 2. The molecule has 0 saturated carbocycles. The van der Waals surface area contributed by atoms with Gasteiger partial charge in [-0.25, -0.2) is 4.39 Å². The number of rotatable bonds is 3. The summed E-state index contributed by atoms with van der Waals surface area (Å²) in [6, 6.07) is 15.2. The van der Waals surface area contributed by atoms with Gasteiger partial charge in [0.15, 0.2) is 0 Å². The average Bonchev–Trinajstić information content (AvgIpc) is 2.49. The molecule has 0 fully saturated rings. The van der Waals surface area contributed by atoms with Gasteiger partial charge in [0.2, 0.25) is 0 Å². The molecule has 3 heteroatoms. The summed E-state index contributed by atoms with van der Waals surface area (Å²) in [5.74, 6) is -0.179. The van der Waals surface area contributed by atoms with Gasteiger partial charge in [0.1, 0.15) is 5.82 Å². The highest BCUT2D eigenvalue weighted by atomic mass is 19.1. The summed E-state index contributed by atoms with van der Waals surface area (Å²) in [5.41, 5.74) is 3.71. The molecule has 0 saturated heterocycles. The second-order valence-corrected chi connectivity index (χ2v) is 4.71. The van der Waals surface area contributed by atoms with E-state index in [0.717, 1.165) is 22.0 Å². The molecule has 1 heterocycles. The van der Waals surface area contributed by atoms with Gasteiger partial charge in [-0.15, -0.1) is 0 Å². The highest BCUT2D eigenvalue weighted by Gasteiger charge is 2.07. The largest absolute Gasteiger partial charge is 0.316 e. The van der Waals surface area contributed by atoms with Gasteiger partial charge >= 0.3 is 0 Å². The van der Waals surface area contributed by atoms with Crippen LogP contribution < -0.4 is 5.32 Å². The molecule has 0 aliphatic rings. The van der Waals surface area contributed by atoms with Gasteiger partial charge < -0.3 is 5.32 Å². The lowest BCUT2D eigenvalue weighted by Crippen LogP contribution is -2.07. The number of nitrogens with zero attached hydrogens (tertiary/aromatic N) is 1. The number of hydrogen-bond donors (Lipinski definition) is 1. The van der Waals surface area contributed by atoms with Crippen molar-refractivity contribution in [2.45, 2.75) is 6.54 Å². The lowest BCUT2D eigenvalue weighted by molar-refractivity contribution is 0.601. The maximum absolute atomic E-state index is 13.7. The summed E-state index contributed by atoms with van der Waals surface area (Å²) in [5, 5.41) is 4.07. The van der Waals surface area contributed by atoms with Gasteiger partial charge in [-0.05, 0) is 42.4 Å². The van der Waals surface area contributed by atoms with E-state index in [9.17, 15) is 4.39 Å². The van der Waals surface area contributed by atoms with Gasteiger partial charge in [-0.1, -0.05) is 24.3 Å². The van der Waals surface area contributed by atoms with Gasteiger partial charge in [0.25, 0.3) is 0 Å². The molecule has 0 aliphatic carbocycles. The van der Waals surface area contributed by atoms with Crippen molar-refractivity contribution in [2.75, 3.05) is 7.05 Å². The van der Waals surface area contributed by atoms with Crippen LogP contribution in [-0.2, 0) is 6.54 Å². The summed E-state index contributed by atoms with van der Waals surface area (Å²) in [7, 11) is 1.81. The minimum absolute atomic E-state index is 0.179. The van der Waals surface area contributed by atoms with Crippen molar-refractivity contribution in [3.63, 3.8) is 0 Å². The van der Waals surface area contributed by atoms with E-state index in [1.54, 1.807) is 6.20 Å². The van der Waals surface area contributed by atoms with Crippen molar-refractivity contribution >= 4 is 10.9 Å².